The van der Waals surface area contributed by atoms with E-state index in [-0.39, 0.29) is 0 Å². The number of hydrogen-bond acceptors (Lipinski definition) is 4. The fourth-order valence-electron chi connectivity index (χ4n) is 1.08. The summed E-state index contributed by atoms with van der Waals surface area (Å²) in [4.78, 5) is 23.0. The number of rotatable bonds is 5. The van der Waals surface area contributed by atoms with Crippen molar-refractivity contribution in [2.75, 3.05) is 0 Å². The molecule has 0 saturated heterocycles. The summed E-state index contributed by atoms with van der Waals surface area (Å²) in [5.41, 5.74) is 0. The van der Waals surface area contributed by atoms with Gasteiger partial charge < -0.3 is 0 Å². The Morgan fingerprint density at radius 1 is 0.947 bits per heavy atom. The molecule has 0 saturated carbocycles. The Kier molecular flexibility index (Phi) is 6.88. The first-order valence-corrected chi connectivity index (χ1v) is 8.46. The SMILES string of the molecule is C/C=C\C(=O)OI(OC(=O)/C=C\C)c1ccccc1. The van der Waals surface area contributed by atoms with Gasteiger partial charge in [0.2, 0.25) is 0 Å². The van der Waals surface area contributed by atoms with Gasteiger partial charge >= 0.3 is 120 Å². The van der Waals surface area contributed by atoms with E-state index in [2.05, 4.69) is 0 Å². The number of carbonyl (C=O) groups is 2. The molecule has 0 bridgehead atoms. The topological polar surface area (TPSA) is 52.6 Å². The molecule has 0 N–H and O–H groups in total. The van der Waals surface area contributed by atoms with Crippen LogP contribution in [-0.4, -0.2) is 11.9 Å². The van der Waals surface area contributed by atoms with Crippen molar-refractivity contribution >= 4 is 32.6 Å². The van der Waals surface area contributed by atoms with Crippen molar-refractivity contribution in [2.45, 2.75) is 13.8 Å². The Hall–Kier alpha value is -1.63. The fraction of sp³-hybridized carbons (Fsp3) is 0.143. The van der Waals surface area contributed by atoms with Crippen molar-refractivity contribution in [1.82, 2.24) is 0 Å². The number of halogens is 1. The molecule has 102 valence electrons. The summed E-state index contributed by atoms with van der Waals surface area (Å²) in [5.74, 6) is -0.991. The van der Waals surface area contributed by atoms with Crippen molar-refractivity contribution in [3.8, 4) is 0 Å². The second kappa shape index (κ2) is 8.47. The Labute approximate surface area is 120 Å². The molecule has 0 aliphatic heterocycles. The molecule has 0 spiro atoms. The van der Waals surface area contributed by atoms with Gasteiger partial charge in [0.15, 0.2) is 0 Å². The van der Waals surface area contributed by atoms with Crippen LogP contribution in [0.4, 0.5) is 0 Å². The van der Waals surface area contributed by atoms with Crippen molar-refractivity contribution in [3.05, 3.63) is 58.2 Å². The molecule has 4 nitrogen and oxygen atoms in total. The second-order valence-electron chi connectivity index (χ2n) is 3.31. The van der Waals surface area contributed by atoms with Gasteiger partial charge in [0.05, 0.1) is 0 Å². The number of allylic oxidation sites excluding steroid dienone is 2. The molecule has 1 aromatic rings. The minimum absolute atomic E-state index is 0.496. The molecule has 0 unspecified atom stereocenters. The van der Waals surface area contributed by atoms with Gasteiger partial charge in [-0.15, -0.1) is 0 Å². The predicted octanol–water partition coefficient (Wildman–Crippen LogP) is 3.43. The van der Waals surface area contributed by atoms with E-state index in [1.807, 2.05) is 18.2 Å². The minimum atomic E-state index is -2.77. The molecular weight excluding hydrogens is 359 g/mol. The number of hydrogen-bond donors (Lipinski definition) is 0. The van der Waals surface area contributed by atoms with Crippen LogP contribution in [0.3, 0.4) is 0 Å². The summed E-state index contributed by atoms with van der Waals surface area (Å²) in [7, 11) is 0. The summed E-state index contributed by atoms with van der Waals surface area (Å²) >= 11 is -2.77. The van der Waals surface area contributed by atoms with Gasteiger partial charge in [-0.05, 0) is 0 Å². The van der Waals surface area contributed by atoms with Crippen LogP contribution in [0, 0.1) is 3.57 Å². The maximum atomic E-state index is 11.5. The van der Waals surface area contributed by atoms with Gasteiger partial charge in [-0.2, -0.15) is 0 Å². The van der Waals surface area contributed by atoms with Crippen LogP contribution < -0.4 is 0 Å². The first-order valence-electron chi connectivity index (χ1n) is 5.62. The van der Waals surface area contributed by atoms with Gasteiger partial charge in [-0.25, -0.2) is 0 Å². The molecule has 0 heterocycles. The van der Waals surface area contributed by atoms with Crippen LogP contribution in [0.1, 0.15) is 13.8 Å². The molecule has 0 aliphatic rings. The monoisotopic (exact) mass is 374 g/mol. The predicted molar refractivity (Wildman–Crippen MR) is 81.0 cm³/mol. The zero-order valence-electron chi connectivity index (χ0n) is 10.7. The Morgan fingerprint density at radius 3 is 1.84 bits per heavy atom. The molecule has 0 aromatic heterocycles. The van der Waals surface area contributed by atoms with E-state index in [0.29, 0.717) is 0 Å². The third-order valence-corrected chi connectivity index (χ3v) is 5.21. The average molecular weight is 374 g/mol. The average Bonchev–Trinajstić information content (AvgIpc) is 2.39. The van der Waals surface area contributed by atoms with Crippen LogP contribution >= 0.6 is 20.6 Å². The molecule has 5 heteroatoms. The first-order chi connectivity index (χ1) is 9.17. The molecule has 0 atom stereocenters. The van der Waals surface area contributed by atoms with Gasteiger partial charge in [-0.1, -0.05) is 0 Å². The molecular formula is C14H15IO4. The van der Waals surface area contributed by atoms with Gasteiger partial charge in [0.1, 0.15) is 0 Å². The van der Waals surface area contributed by atoms with E-state index >= 15 is 0 Å². The normalized spacial score (nSPS) is 11.6. The standard InChI is InChI=1S/C14H15IO4/c1-3-8-13(16)18-15(19-14(17)9-4-2)12-10-6-5-7-11-12/h3-11H,1-2H3/b8-3-,9-4-. The molecule has 1 aromatic carbocycles. The molecule has 0 fully saturated rings. The number of benzene rings is 1. The summed E-state index contributed by atoms with van der Waals surface area (Å²) in [5, 5.41) is 0. The van der Waals surface area contributed by atoms with Gasteiger partial charge in [0.25, 0.3) is 0 Å². The van der Waals surface area contributed by atoms with Gasteiger partial charge in [-0.3, -0.25) is 0 Å². The fourth-order valence-corrected chi connectivity index (χ4v) is 3.77. The zero-order valence-corrected chi connectivity index (χ0v) is 12.9. The van der Waals surface area contributed by atoms with E-state index in [1.165, 1.54) is 12.2 Å². The summed E-state index contributed by atoms with van der Waals surface area (Å²) in [6, 6.07) is 9.05. The Morgan fingerprint density at radius 2 is 1.42 bits per heavy atom. The third kappa shape index (κ3) is 5.69. The Bertz CT molecular complexity index is 453. The van der Waals surface area contributed by atoms with Crippen LogP contribution in [-0.2, 0) is 15.7 Å². The second-order valence-corrected chi connectivity index (χ2v) is 6.67. The third-order valence-electron chi connectivity index (χ3n) is 1.81. The summed E-state index contributed by atoms with van der Waals surface area (Å²) < 4.78 is 11.2. The summed E-state index contributed by atoms with van der Waals surface area (Å²) in [6.45, 7) is 3.43. The molecule has 19 heavy (non-hydrogen) atoms. The van der Waals surface area contributed by atoms with E-state index in [1.54, 1.807) is 38.1 Å². The van der Waals surface area contributed by atoms with E-state index in [9.17, 15) is 9.59 Å². The van der Waals surface area contributed by atoms with Crippen LogP contribution in [0.15, 0.2) is 54.6 Å². The van der Waals surface area contributed by atoms with E-state index < -0.39 is 32.6 Å². The van der Waals surface area contributed by atoms with Crippen molar-refractivity contribution in [1.29, 1.82) is 0 Å². The Balaban J connectivity index is 2.85. The zero-order chi connectivity index (χ0) is 14.1. The van der Waals surface area contributed by atoms with Crippen molar-refractivity contribution in [2.24, 2.45) is 0 Å². The molecule has 0 aliphatic carbocycles. The summed E-state index contributed by atoms with van der Waals surface area (Å²) in [6.07, 6.45) is 5.76. The van der Waals surface area contributed by atoms with Crippen molar-refractivity contribution in [3.63, 3.8) is 0 Å². The van der Waals surface area contributed by atoms with E-state index in [0.717, 1.165) is 3.57 Å². The first kappa shape index (κ1) is 15.4. The quantitative estimate of drug-likeness (QED) is 0.586. The van der Waals surface area contributed by atoms with Crippen molar-refractivity contribution < 1.29 is 15.7 Å². The molecule has 1 rings (SSSR count). The van der Waals surface area contributed by atoms with Crippen LogP contribution in [0.2, 0.25) is 0 Å². The number of carbonyl (C=O) groups excluding carboxylic acids is 2. The van der Waals surface area contributed by atoms with Crippen LogP contribution in [0.25, 0.3) is 0 Å². The maximum absolute atomic E-state index is 11.5. The molecule has 0 amide bonds. The van der Waals surface area contributed by atoms with Crippen LogP contribution in [0.5, 0.6) is 0 Å². The van der Waals surface area contributed by atoms with Gasteiger partial charge in [0, 0.05) is 0 Å². The molecule has 0 radical (unpaired) electrons. The van der Waals surface area contributed by atoms with E-state index in [4.69, 9.17) is 6.13 Å².